The second-order valence-electron chi connectivity index (χ2n) is 7.19. The molecule has 2 fully saturated rings. The van der Waals surface area contributed by atoms with Crippen LogP contribution in [0.4, 0.5) is 5.82 Å². The van der Waals surface area contributed by atoms with Crippen LogP contribution in [-0.2, 0) is 0 Å². The molecule has 0 radical (unpaired) electrons. The van der Waals surface area contributed by atoms with Crippen molar-refractivity contribution in [2.45, 2.75) is 19.3 Å². The molecule has 4 rings (SSSR count). The first-order valence-electron chi connectivity index (χ1n) is 9.28. The summed E-state index contributed by atoms with van der Waals surface area (Å²) in [5.74, 6) is 1.73. The van der Waals surface area contributed by atoms with Crippen LogP contribution in [0.1, 0.15) is 35.3 Å². The van der Waals surface area contributed by atoms with Gasteiger partial charge in [-0.05, 0) is 65.9 Å². The molecular weight excluding hydrogens is 392 g/mol. The second-order valence-corrected chi connectivity index (χ2v) is 8.10. The molecule has 0 aromatic carbocycles. The topological polar surface area (TPSA) is 49.3 Å². The highest BCUT2D eigenvalue weighted by Gasteiger charge is 2.25. The number of pyridine rings is 2. The van der Waals surface area contributed by atoms with Crippen LogP contribution in [0.2, 0.25) is 0 Å². The number of carbonyl (C=O) groups excluding carboxylic acids is 1. The molecule has 1 aliphatic carbocycles. The number of anilines is 1. The van der Waals surface area contributed by atoms with E-state index in [0.29, 0.717) is 11.3 Å². The third-order valence-electron chi connectivity index (χ3n) is 5.06. The van der Waals surface area contributed by atoms with E-state index in [1.165, 1.54) is 19.4 Å². The molecule has 0 N–H and O–H groups in total. The number of aromatic nitrogens is 2. The summed E-state index contributed by atoms with van der Waals surface area (Å²) in [5.41, 5.74) is 1.02. The van der Waals surface area contributed by atoms with E-state index in [1.54, 1.807) is 24.5 Å². The first-order chi connectivity index (χ1) is 12.7. The van der Waals surface area contributed by atoms with Gasteiger partial charge in [-0.15, -0.1) is 0 Å². The van der Waals surface area contributed by atoms with Crippen LogP contribution in [0, 0.1) is 5.92 Å². The van der Waals surface area contributed by atoms with Crippen molar-refractivity contribution in [3.8, 4) is 0 Å². The Kier molecular flexibility index (Phi) is 5.31. The summed E-state index contributed by atoms with van der Waals surface area (Å²) in [6.45, 7) is 5.44. The van der Waals surface area contributed by atoms with E-state index in [2.05, 4.69) is 35.7 Å². The van der Waals surface area contributed by atoms with Gasteiger partial charge in [0, 0.05) is 48.6 Å². The van der Waals surface area contributed by atoms with Crippen molar-refractivity contribution < 1.29 is 4.79 Å². The molecule has 0 atom stereocenters. The van der Waals surface area contributed by atoms with Crippen LogP contribution in [0.5, 0.6) is 0 Å². The fraction of sp³-hybridized carbons (Fsp3) is 0.450. The monoisotopic (exact) mass is 414 g/mol. The molecule has 2 aromatic rings. The fourth-order valence-electron chi connectivity index (χ4n) is 3.46. The predicted octanol–water partition coefficient (Wildman–Crippen LogP) is 3.39. The number of nitrogens with zero attached hydrogens (tertiary/aromatic N) is 4. The van der Waals surface area contributed by atoms with Gasteiger partial charge in [-0.3, -0.25) is 9.78 Å². The molecule has 0 bridgehead atoms. The lowest BCUT2D eigenvalue weighted by Gasteiger charge is -2.23. The molecule has 2 aliphatic rings. The first kappa shape index (κ1) is 17.6. The third kappa shape index (κ3) is 4.30. The highest BCUT2D eigenvalue weighted by atomic mass is 79.9. The minimum Gasteiger partial charge on any atom is -0.355 e. The van der Waals surface area contributed by atoms with Gasteiger partial charge >= 0.3 is 0 Å². The molecule has 136 valence electrons. The summed E-state index contributed by atoms with van der Waals surface area (Å²) in [6, 6.07) is 7.50. The molecule has 6 heteroatoms. The van der Waals surface area contributed by atoms with E-state index >= 15 is 0 Å². The lowest BCUT2D eigenvalue weighted by Crippen LogP contribution is -2.32. The molecule has 1 saturated carbocycles. The Labute approximate surface area is 162 Å². The normalized spacial score (nSPS) is 18.6. The van der Waals surface area contributed by atoms with Crippen LogP contribution in [0.3, 0.4) is 0 Å². The van der Waals surface area contributed by atoms with Crippen LogP contribution in [0.15, 0.2) is 41.1 Å². The number of hydrogen-bond acceptors (Lipinski definition) is 5. The van der Waals surface area contributed by atoms with E-state index in [1.807, 2.05) is 12.1 Å². The summed E-state index contributed by atoms with van der Waals surface area (Å²) in [4.78, 5) is 26.4. The van der Waals surface area contributed by atoms with Crippen LogP contribution in [0.25, 0.3) is 0 Å². The van der Waals surface area contributed by atoms with Gasteiger partial charge in [0.05, 0.1) is 0 Å². The maximum absolute atomic E-state index is 12.7. The highest BCUT2D eigenvalue weighted by molar-refractivity contribution is 9.10. The maximum Gasteiger partial charge on any atom is 0.213 e. The molecule has 1 aliphatic heterocycles. The standard InChI is InChI=1S/C20H23BrN4O/c21-17-11-16(12-22-13-17)20(26)18-3-1-4-19(23-18)25-8-2-7-24(9-10-25)14-15-5-6-15/h1,3-4,11-13,15H,2,5-10,14H2. The Morgan fingerprint density at radius 3 is 2.85 bits per heavy atom. The average molecular weight is 415 g/mol. The summed E-state index contributed by atoms with van der Waals surface area (Å²) >= 11 is 3.37. The summed E-state index contributed by atoms with van der Waals surface area (Å²) in [5, 5.41) is 0. The minimum atomic E-state index is -0.0918. The lowest BCUT2D eigenvalue weighted by molar-refractivity contribution is 0.103. The van der Waals surface area contributed by atoms with Gasteiger partial charge in [-0.25, -0.2) is 4.98 Å². The van der Waals surface area contributed by atoms with Crippen LogP contribution < -0.4 is 4.90 Å². The molecule has 26 heavy (non-hydrogen) atoms. The van der Waals surface area contributed by atoms with E-state index in [4.69, 9.17) is 0 Å². The molecule has 0 spiro atoms. The third-order valence-corrected chi connectivity index (χ3v) is 5.49. The molecule has 0 amide bonds. The number of halogens is 1. The second kappa shape index (κ2) is 7.84. The largest absolute Gasteiger partial charge is 0.355 e. The van der Waals surface area contributed by atoms with Crippen molar-refractivity contribution in [2.24, 2.45) is 5.92 Å². The van der Waals surface area contributed by atoms with Gasteiger partial charge < -0.3 is 9.80 Å². The molecular formula is C20H23BrN4O. The quantitative estimate of drug-likeness (QED) is 0.701. The van der Waals surface area contributed by atoms with Gasteiger partial charge in [0.25, 0.3) is 0 Å². The first-order valence-corrected chi connectivity index (χ1v) is 10.1. The number of carbonyl (C=O) groups is 1. The predicted molar refractivity (Wildman–Crippen MR) is 106 cm³/mol. The summed E-state index contributed by atoms with van der Waals surface area (Å²) < 4.78 is 0.794. The van der Waals surface area contributed by atoms with Crippen molar-refractivity contribution in [3.05, 3.63) is 52.4 Å². The molecule has 0 unspecified atom stereocenters. The Morgan fingerprint density at radius 1 is 1.15 bits per heavy atom. The van der Waals surface area contributed by atoms with E-state index in [9.17, 15) is 4.79 Å². The zero-order chi connectivity index (χ0) is 17.9. The van der Waals surface area contributed by atoms with Crippen molar-refractivity contribution in [1.82, 2.24) is 14.9 Å². The summed E-state index contributed by atoms with van der Waals surface area (Å²) in [7, 11) is 0. The number of rotatable bonds is 5. The van der Waals surface area contributed by atoms with Crippen LogP contribution >= 0.6 is 15.9 Å². The van der Waals surface area contributed by atoms with Gasteiger partial charge in [0.15, 0.2) is 0 Å². The molecule has 1 saturated heterocycles. The van der Waals surface area contributed by atoms with Gasteiger partial charge in [0.2, 0.25) is 5.78 Å². The lowest BCUT2D eigenvalue weighted by atomic mass is 10.1. The van der Waals surface area contributed by atoms with E-state index in [-0.39, 0.29) is 5.78 Å². The summed E-state index contributed by atoms with van der Waals surface area (Å²) in [6.07, 6.45) is 7.20. The van der Waals surface area contributed by atoms with Crippen molar-refractivity contribution in [3.63, 3.8) is 0 Å². The van der Waals surface area contributed by atoms with E-state index < -0.39 is 0 Å². The fourth-order valence-corrected chi connectivity index (χ4v) is 3.82. The minimum absolute atomic E-state index is 0.0918. The smallest absolute Gasteiger partial charge is 0.213 e. The zero-order valence-electron chi connectivity index (χ0n) is 14.8. The van der Waals surface area contributed by atoms with Crippen LogP contribution in [-0.4, -0.2) is 53.4 Å². The molecule has 3 heterocycles. The van der Waals surface area contributed by atoms with Crippen molar-refractivity contribution in [1.29, 1.82) is 0 Å². The number of hydrogen-bond donors (Lipinski definition) is 0. The Bertz CT molecular complexity index is 793. The molecule has 2 aromatic heterocycles. The Hall–Kier alpha value is -1.79. The van der Waals surface area contributed by atoms with Crippen molar-refractivity contribution >= 4 is 27.5 Å². The van der Waals surface area contributed by atoms with E-state index in [0.717, 1.165) is 48.8 Å². The zero-order valence-corrected chi connectivity index (χ0v) is 16.4. The SMILES string of the molecule is O=C(c1cncc(Br)c1)c1cccc(N2CCCN(CC3CC3)CC2)n1. The average Bonchev–Trinajstić information content (AvgIpc) is 3.49. The van der Waals surface area contributed by atoms with Crippen molar-refractivity contribution in [2.75, 3.05) is 37.6 Å². The maximum atomic E-state index is 12.7. The molecule has 5 nitrogen and oxygen atoms in total. The Morgan fingerprint density at radius 2 is 2.04 bits per heavy atom. The van der Waals surface area contributed by atoms with Gasteiger partial charge in [-0.2, -0.15) is 0 Å². The van der Waals surface area contributed by atoms with Gasteiger partial charge in [-0.1, -0.05) is 6.07 Å². The highest BCUT2D eigenvalue weighted by Crippen LogP contribution is 2.30. The Balaban J connectivity index is 1.47. The number of ketones is 1. The van der Waals surface area contributed by atoms with Gasteiger partial charge in [0.1, 0.15) is 11.5 Å².